The van der Waals surface area contributed by atoms with Crippen LogP contribution in [0, 0.1) is 6.92 Å². The first-order valence-corrected chi connectivity index (χ1v) is 6.66. The predicted octanol–water partition coefficient (Wildman–Crippen LogP) is 2.22. The number of ether oxygens (including phenoxy) is 1. The van der Waals surface area contributed by atoms with E-state index >= 15 is 0 Å². The van der Waals surface area contributed by atoms with Crippen LogP contribution >= 0.6 is 0 Å². The van der Waals surface area contributed by atoms with Crippen molar-refractivity contribution in [2.24, 2.45) is 0 Å². The smallest absolute Gasteiger partial charge is 0.256 e. The number of methoxy groups -OCH3 is 1. The third-order valence-electron chi connectivity index (χ3n) is 3.88. The maximum Gasteiger partial charge on any atom is 0.256 e. The quantitative estimate of drug-likeness (QED) is 0.831. The van der Waals surface area contributed by atoms with Crippen molar-refractivity contribution in [2.75, 3.05) is 25.9 Å². The Hall–Kier alpha value is -1.55. The Balaban J connectivity index is 2.19. The molecule has 0 aromatic heterocycles. The van der Waals surface area contributed by atoms with Crippen LogP contribution in [-0.2, 0) is 4.74 Å². The number of aryl methyl sites for hydroxylation is 1. The molecular weight excluding hydrogens is 240 g/mol. The van der Waals surface area contributed by atoms with Crippen LogP contribution in [0.4, 0.5) is 5.69 Å². The van der Waals surface area contributed by atoms with Gasteiger partial charge in [-0.1, -0.05) is 6.07 Å². The highest BCUT2D eigenvalue weighted by molar-refractivity contribution is 5.99. The summed E-state index contributed by atoms with van der Waals surface area (Å²) in [4.78, 5) is 14.4. The van der Waals surface area contributed by atoms with Crippen LogP contribution < -0.4 is 5.73 Å². The van der Waals surface area contributed by atoms with Crippen molar-refractivity contribution in [3.05, 3.63) is 29.3 Å². The molecule has 2 N–H and O–H groups in total. The van der Waals surface area contributed by atoms with Crippen LogP contribution in [0.25, 0.3) is 0 Å². The monoisotopic (exact) mass is 262 g/mol. The number of anilines is 1. The van der Waals surface area contributed by atoms with Gasteiger partial charge in [0.1, 0.15) is 0 Å². The van der Waals surface area contributed by atoms with Crippen molar-refractivity contribution < 1.29 is 9.53 Å². The van der Waals surface area contributed by atoms with Gasteiger partial charge < -0.3 is 15.4 Å². The number of rotatable bonds is 2. The standard InChI is InChI=1S/C15H22N2O2/c1-11-5-6-12(13(16)9-11)14(18)17-8-4-7-15(2,10-17)19-3/h5-6,9H,4,7-8,10,16H2,1-3H3. The molecule has 1 atom stereocenters. The topological polar surface area (TPSA) is 55.6 Å². The average molecular weight is 262 g/mol. The molecule has 1 amide bonds. The SMILES string of the molecule is COC1(C)CCCN(C(=O)c2ccc(C)cc2N)C1. The molecule has 0 radical (unpaired) electrons. The molecule has 0 aliphatic carbocycles. The maximum atomic E-state index is 12.5. The van der Waals surface area contributed by atoms with E-state index in [-0.39, 0.29) is 11.5 Å². The molecule has 19 heavy (non-hydrogen) atoms. The normalized spacial score (nSPS) is 23.4. The summed E-state index contributed by atoms with van der Waals surface area (Å²) in [6.45, 7) is 5.40. The summed E-state index contributed by atoms with van der Waals surface area (Å²) in [7, 11) is 1.70. The molecule has 1 aliphatic rings. The van der Waals surface area contributed by atoms with Gasteiger partial charge >= 0.3 is 0 Å². The number of hydrogen-bond donors (Lipinski definition) is 1. The van der Waals surface area contributed by atoms with Crippen molar-refractivity contribution in [1.82, 2.24) is 4.90 Å². The number of likely N-dealkylation sites (tertiary alicyclic amines) is 1. The van der Waals surface area contributed by atoms with Gasteiger partial charge in [-0.2, -0.15) is 0 Å². The zero-order valence-corrected chi connectivity index (χ0v) is 11.9. The van der Waals surface area contributed by atoms with Crippen LogP contribution in [0.1, 0.15) is 35.7 Å². The largest absolute Gasteiger partial charge is 0.398 e. The van der Waals surface area contributed by atoms with Crippen molar-refractivity contribution in [1.29, 1.82) is 0 Å². The van der Waals surface area contributed by atoms with E-state index in [0.717, 1.165) is 24.9 Å². The van der Waals surface area contributed by atoms with E-state index in [0.29, 0.717) is 17.8 Å². The number of hydrogen-bond acceptors (Lipinski definition) is 3. The lowest BCUT2D eigenvalue weighted by Crippen LogP contribution is -2.49. The van der Waals surface area contributed by atoms with Gasteiger partial charge in [0.25, 0.3) is 5.91 Å². The molecule has 0 bridgehead atoms. The van der Waals surface area contributed by atoms with E-state index in [9.17, 15) is 4.79 Å². The Morgan fingerprint density at radius 2 is 2.21 bits per heavy atom. The van der Waals surface area contributed by atoms with Crippen molar-refractivity contribution >= 4 is 11.6 Å². The fraction of sp³-hybridized carbons (Fsp3) is 0.533. The van der Waals surface area contributed by atoms with Crippen LogP contribution in [0.5, 0.6) is 0 Å². The molecule has 0 spiro atoms. The molecule has 1 fully saturated rings. The average Bonchev–Trinajstić information content (AvgIpc) is 2.38. The Labute approximate surface area is 114 Å². The highest BCUT2D eigenvalue weighted by atomic mass is 16.5. The first-order valence-electron chi connectivity index (χ1n) is 6.66. The van der Waals surface area contributed by atoms with E-state index in [1.54, 1.807) is 7.11 Å². The second-order valence-electron chi connectivity index (χ2n) is 5.57. The van der Waals surface area contributed by atoms with Crippen LogP contribution in [0.15, 0.2) is 18.2 Å². The van der Waals surface area contributed by atoms with Crippen molar-refractivity contribution in [2.45, 2.75) is 32.3 Å². The fourth-order valence-electron chi connectivity index (χ4n) is 2.59. The number of benzene rings is 1. The van der Waals surface area contributed by atoms with E-state index < -0.39 is 0 Å². The van der Waals surface area contributed by atoms with E-state index in [4.69, 9.17) is 10.5 Å². The fourth-order valence-corrected chi connectivity index (χ4v) is 2.59. The minimum absolute atomic E-state index is 0.000440. The molecule has 1 aromatic carbocycles. The molecule has 1 unspecified atom stereocenters. The summed E-state index contributed by atoms with van der Waals surface area (Å²) in [5.74, 6) is 0.000440. The van der Waals surface area contributed by atoms with Gasteiger partial charge in [0, 0.05) is 25.9 Å². The number of nitrogens with two attached hydrogens (primary N) is 1. The third-order valence-corrected chi connectivity index (χ3v) is 3.88. The Morgan fingerprint density at radius 3 is 2.84 bits per heavy atom. The van der Waals surface area contributed by atoms with Gasteiger partial charge in [0.15, 0.2) is 0 Å². The van der Waals surface area contributed by atoms with Gasteiger partial charge in [-0.05, 0) is 44.4 Å². The zero-order valence-electron chi connectivity index (χ0n) is 11.9. The number of piperidine rings is 1. The second kappa shape index (κ2) is 5.21. The number of carbonyl (C=O) groups is 1. The summed E-state index contributed by atoms with van der Waals surface area (Å²) in [5.41, 5.74) is 7.91. The molecule has 104 valence electrons. The molecule has 1 aromatic rings. The zero-order chi connectivity index (χ0) is 14.0. The second-order valence-corrected chi connectivity index (χ2v) is 5.57. The molecule has 1 saturated heterocycles. The van der Waals surface area contributed by atoms with Gasteiger partial charge in [-0.3, -0.25) is 4.79 Å². The molecule has 1 heterocycles. The molecule has 4 heteroatoms. The first kappa shape index (κ1) is 13.9. The maximum absolute atomic E-state index is 12.5. The minimum Gasteiger partial charge on any atom is -0.398 e. The summed E-state index contributed by atoms with van der Waals surface area (Å²) in [6, 6.07) is 5.57. The highest BCUT2D eigenvalue weighted by Crippen LogP contribution is 2.26. The van der Waals surface area contributed by atoms with Gasteiger partial charge in [0.05, 0.1) is 11.2 Å². The van der Waals surface area contributed by atoms with Crippen LogP contribution in [-0.4, -0.2) is 36.6 Å². The summed E-state index contributed by atoms with van der Waals surface area (Å²) >= 11 is 0. The van der Waals surface area contributed by atoms with Crippen LogP contribution in [0.2, 0.25) is 0 Å². The summed E-state index contributed by atoms with van der Waals surface area (Å²) in [6.07, 6.45) is 1.94. The third kappa shape index (κ3) is 2.89. The Morgan fingerprint density at radius 1 is 1.47 bits per heavy atom. The van der Waals surface area contributed by atoms with Gasteiger partial charge in [-0.25, -0.2) is 0 Å². The molecular formula is C15H22N2O2. The number of carbonyl (C=O) groups excluding carboxylic acids is 1. The minimum atomic E-state index is -0.243. The van der Waals surface area contributed by atoms with Gasteiger partial charge in [-0.15, -0.1) is 0 Å². The van der Waals surface area contributed by atoms with E-state index in [1.165, 1.54) is 0 Å². The number of nitrogens with zero attached hydrogens (tertiary/aromatic N) is 1. The lowest BCUT2D eigenvalue weighted by Gasteiger charge is -2.39. The summed E-state index contributed by atoms with van der Waals surface area (Å²) in [5, 5.41) is 0. The molecule has 0 saturated carbocycles. The molecule has 1 aliphatic heterocycles. The number of nitrogen functional groups attached to an aromatic ring is 1. The van der Waals surface area contributed by atoms with E-state index in [1.807, 2.05) is 36.9 Å². The lowest BCUT2D eigenvalue weighted by molar-refractivity contribution is -0.0439. The van der Waals surface area contributed by atoms with Gasteiger partial charge in [0.2, 0.25) is 0 Å². The highest BCUT2D eigenvalue weighted by Gasteiger charge is 2.33. The first-order chi connectivity index (χ1) is 8.95. The summed E-state index contributed by atoms with van der Waals surface area (Å²) < 4.78 is 5.52. The number of amides is 1. The predicted molar refractivity (Wildman–Crippen MR) is 76.1 cm³/mol. The van der Waals surface area contributed by atoms with Crippen molar-refractivity contribution in [3.8, 4) is 0 Å². The lowest BCUT2D eigenvalue weighted by atomic mass is 9.94. The van der Waals surface area contributed by atoms with E-state index in [2.05, 4.69) is 0 Å². The molecule has 2 rings (SSSR count). The van der Waals surface area contributed by atoms with Crippen molar-refractivity contribution in [3.63, 3.8) is 0 Å². The Kier molecular flexibility index (Phi) is 3.80. The van der Waals surface area contributed by atoms with Crippen LogP contribution in [0.3, 0.4) is 0 Å². The Bertz CT molecular complexity index is 487. The molecule has 4 nitrogen and oxygen atoms in total.